The Kier molecular flexibility index (Phi) is 2.73. The number of pyridine rings is 1. The van der Waals surface area contributed by atoms with E-state index in [1.165, 1.54) is 12.3 Å². The Balaban J connectivity index is 2.07. The predicted octanol–water partition coefficient (Wildman–Crippen LogP) is 3.73. The van der Waals surface area contributed by atoms with Crippen molar-refractivity contribution in [1.82, 2.24) is 4.57 Å². The van der Waals surface area contributed by atoms with Gasteiger partial charge in [0.25, 0.3) is 5.24 Å². The molecule has 2 aromatic rings. The van der Waals surface area contributed by atoms with Crippen molar-refractivity contribution in [3.8, 4) is 0 Å². The Hall–Kier alpha value is -1.68. The Bertz CT molecular complexity index is 834. The molecule has 2 aliphatic rings. The van der Waals surface area contributed by atoms with Crippen molar-refractivity contribution in [2.24, 2.45) is 0 Å². The molecule has 0 bridgehead atoms. The molecule has 0 radical (unpaired) electrons. The van der Waals surface area contributed by atoms with Gasteiger partial charge in [0.05, 0.1) is 11.1 Å². The topological polar surface area (TPSA) is 39.1 Å². The lowest BCUT2D eigenvalue weighted by atomic mass is 10.0. The van der Waals surface area contributed by atoms with E-state index in [1.54, 1.807) is 6.07 Å². The molecule has 1 heterocycles. The molecule has 1 aromatic heterocycles. The molecular weight excluding hydrogens is 293 g/mol. The third-order valence-corrected chi connectivity index (χ3v) is 4.52. The fourth-order valence-corrected chi connectivity index (χ4v) is 3.02. The molecule has 0 saturated heterocycles. The van der Waals surface area contributed by atoms with Crippen molar-refractivity contribution >= 4 is 27.7 Å². The molecule has 0 unspecified atom stereocenters. The number of benzene rings is 1. The van der Waals surface area contributed by atoms with Crippen molar-refractivity contribution < 1.29 is 9.18 Å². The third-order valence-electron chi connectivity index (χ3n) is 4.32. The second kappa shape index (κ2) is 4.41. The van der Waals surface area contributed by atoms with Crippen molar-refractivity contribution in [3.63, 3.8) is 0 Å². The lowest BCUT2D eigenvalue weighted by Gasteiger charge is -2.13. The maximum atomic E-state index is 14.2. The van der Waals surface area contributed by atoms with Crippen LogP contribution in [-0.4, -0.2) is 9.81 Å². The Morgan fingerprint density at radius 2 is 1.95 bits per heavy atom. The van der Waals surface area contributed by atoms with Gasteiger partial charge in [-0.05, 0) is 60.9 Å². The highest BCUT2D eigenvalue weighted by Crippen LogP contribution is 2.43. The van der Waals surface area contributed by atoms with E-state index in [0.29, 0.717) is 11.1 Å². The average molecular weight is 306 g/mol. The number of carbonyl (C=O) groups excluding carboxylic acids is 1. The first kappa shape index (κ1) is 13.0. The normalized spacial score (nSPS) is 18.2. The first-order chi connectivity index (χ1) is 10.1. The second-order valence-electron chi connectivity index (χ2n) is 5.95. The Labute approximate surface area is 125 Å². The summed E-state index contributed by atoms with van der Waals surface area (Å²) in [7, 11) is 0. The van der Waals surface area contributed by atoms with E-state index in [-0.39, 0.29) is 28.7 Å². The summed E-state index contributed by atoms with van der Waals surface area (Å²) in [6.07, 6.45) is 5.53. The molecular formula is C16H13ClFNO2. The van der Waals surface area contributed by atoms with Crippen molar-refractivity contribution in [2.75, 3.05) is 0 Å². The monoisotopic (exact) mass is 305 g/mol. The Morgan fingerprint density at radius 1 is 1.24 bits per heavy atom. The maximum Gasteiger partial charge on any atom is 0.257 e. The third kappa shape index (κ3) is 2.09. The fraction of sp³-hybridized carbons (Fsp3) is 0.375. The first-order valence-corrected chi connectivity index (χ1v) is 7.52. The van der Waals surface area contributed by atoms with E-state index in [9.17, 15) is 14.0 Å². The summed E-state index contributed by atoms with van der Waals surface area (Å²) in [6, 6.07) is 3.33. The van der Waals surface area contributed by atoms with Gasteiger partial charge in [0, 0.05) is 17.6 Å². The number of carbonyl (C=O) groups is 1. The first-order valence-electron chi connectivity index (χ1n) is 7.14. The van der Waals surface area contributed by atoms with Crippen LogP contribution in [0.2, 0.25) is 0 Å². The van der Waals surface area contributed by atoms with Gasteiger partial charge in [-0.1, -0.05) is 0 Å². The largest absolute Gasteiger partial charge is 0.343 e. The molecule has 0 N–H and O–H groups in total. The van der Waals surface area contributed by atoms with Crippen LogP contribution in [0.5, 0.6) is 0 Å². The smallest absolute Gasteiger partial charge is 0.257 e. The zero-order valence-electron chi connectivity index (χ0n) is 11.2. The number of rotatable bonds is 3. The standard InChI is InChI=1S/C16H13ClFNO2/c17-16(21)12-7-19(9-3-4-9)14-6-10(8-1-2-8)13(18)5-11(14)15(12)20/h5-9H,1-4H2. The SMILES string of the molecule is O=C(Cl)c1cn(C2CC2)c2cc(C3CC3)c(F)cc2c1=O. The van der Waals surface area contributed by atoms with E-state index >= 15 is 0 Å². The molecule has 0 amide bonds. The molecule has 1 aromatic carbocycles. The van der Waals surface area contributed by atoms with E-state index < -0.39 is 10.7 Å². The fourth-order valence-electron chi connectivity index (χ4n) is 2.89. The summed E-state index contributed by atoms with van der Waals surface area (Å²) in [5.41, 5.74) is 0.839. The molecule has 0 spiro atoms. The lowest BCUT2D eigenvalue weighted by molar-refractivity contribution is 0.108. The van der Waals surface area contributed by atoms with E-state index in [0.717, 1.165) is 25.7 Å². The molecule has 21 heavy (non-hydrogen) atoms. The summed E-state index contributed by atoms with van der Waals surface area (Å²) < 4.78 is 16.1. The predicted molar refractivity (Wildman–Crippen MR) is 78.6 cm³/mol. The van der Waals surface area contributed by atoms with Crippen LogP contribution in [0.1, 0.15) is 53.6 Å². The van der Waals surface area contributed by atoms with Crippen LogP contribution >= 0.6 is 11.6 Å². The van der Waals surface area contributed by atoms with Crippen LogP contribution in [0.3, 0.4) is 0 Å². The van der Waals surface area contributed by atoms with Crippen molar-refractivity contribution in [2.45, 2.75) is 37.6 Å². The van der Waals surface area contributed by atoms with E-state index in [4.69, 9.17) is 11.6 Å². The molecule has 5 heteroatoms. The summed E-state index contributed by atoms with van der Waals surface area (Å²) in [5, 5.41) is -0.543. The van der Waals surface area contributed by atoms with Gasteiger partial charge in [0.1, 0.15) is 5.82 Å². The van der Waals surface area contributed by atoms with Gasteiger partial charge in [-0.15, -0.1) is 0 Å². The van der Waals surface area contributed by atoms with Crippen LogP contribution in [0.25, 0.3) is 10.9 Å². The second-order valence-corrected chi connectivity index (χ2v) is 6.29. The minimum atomic E-state index is -0.789. The molecule has 3 nitrogen and oxygen atoms in total. The highest BCUT2D eigenvalue weighted by molar-refractivity contribution is 6.67. The molecule has 0 atom stereocenters. The highest BCUT2D eigenvalue weighted by atomic mass is 35.5. The van der Waals surface area contributed by atoms with Crippen LogP contribution < -0.4 is 5.43 Å². The molecule has 2 aliphatic carbocycles. The van der Waals surface area contributed by atoms with Crippen LogP contribution in [0, 0.1) is 5.82 Å². The van der Waals surface area contributed by atoms with Gasteiger partial charge < -0.3 is 4.57 Å². The lowest BCUT2D eigenvalue weighted by Crippen LogP contribution is -2.17. The number of fused-ring (bicyclic) bond motifs is 1. The zero-order chi connectivity index (χ0) is 14.7. The van der Waals surface area contributed by atoms with Crippen molar-refractivity contribution in [1.29, 1.82) is 0 Å². The molecule has 2 fully saturated rings. The summed E-state index contributed by atoms with van der Waals surface area (Å²) in [5.74, 6) is -0.0879. The zero-order valence-corrected chi connectivity index (χ0v) is 12.0. The van der Waals surface area contributed by atoms with Gasteiger partial charge in [0.15, 0.2) is 0 Å². The van der Waals surface area contributed by atoms with Gasteiger partial charge in [-0.25, -0.2) is 4.39 Å². The minimum absolute atomic E-state index is 0.0744. The van der Waals surface area contributed by atoms with E-state index in [2.05, 4.69) is 0 Å². The van der Waals surface area contributed by atoms with Gasteiger partial charge in [-0.2, -0.15) is 0 Å². The van der Waals surface area contributed by atoms with Crippen LogP contribution in [0.4, 0.5) is 4.39 Å². The minimum Gasteiger partial charge on any atom is -0.343 e. The van der Waals surface area contributed by atoms with Crippen molar-refractivity contribution in [3.05, 3.63) is 45.5 Å². The van der Waals surface area contributed by atoms with E-state index in [1.807, 2.05) is 4.57 Å². The quantitative estimate of drug-likeness (QED) is 0.811. The average Bonchev–Trinajstić information content (AvgIpc) is 3.31. The maximum absolute atomic E-state index is 14.2. The molecule has 0 aliphatic heterocycles. The summed E-state index contributed by atoms with van der Waals surface area (Å²) >= 11 is 5.49. The van der Waals surface area contributed by atoms with Gasteiger partial charge in [-0.3, -0.25) is 9.59 Å². The number of nitrogens with zero attached hydrogens (tertiary/aromatic N) is 1. The highest BCUT2D eigenvalue weighted by Gasteiger charge is 2.30. The van der Waals surface area contributed by atoms with Crippen LogP contribution in [0.15, 0.2) is 23.1 Å². The summed E-state index contributed by atoms with van der Waals surface area (Å²) in [6.45, 7) is 0. The number of aromatic nitrogens is 1. The number of halogens is 2. The number of hydrogen-bond donors (Lipinski definition) is 0. The van der Waals surface area contributed by atoms with Gasteiger partial charge in [0.2, 0.25) is 5.43 Å². The Morgan fingerprint density at radius 3 is 2.52 bits per heavy atom. The molecule has 108 valence electrons. The number of hydrogen-bond acceptors (Lipinski definition) is 2. The van der Waals surface area contributed by atoms with Gasteiger partial charge >= 0.3 is 0 Å². The molecule has 2 saturated carbocycles. The van der Waals surface area contributed by atoms with Crippen LogP contribution in [-0.2, 0) is 0 Å². The summed E-state index contributed by atoms with van der Waals surface area (Å²) in [4.78, 5) is 23.8. The molecule has 4 rings (SSSR count).